The first-order valence-electron chi connectivity index (χ1n) is 8.41. The fourth-order valence-electron chi connectivity index (χ4n) is 3.21. The lowest BCUT2D eigenvalue weighted by Crippen LogP contribution is -2.19. The Morgan fingerprint density at radius 2 is 1.91 bits per heavy atom. The summed E-state index contributed by atoms with van der Waals surface area (Å²) in [5.41, 5.74) is 5.34. The third-order valence-corrected chi connectivity index (χ3v) is 4.63. The van der Waals surface area contributed by atoms with Crippen LogP contribution in [-0.2, 0) is 0 Å². The molecule has 0 unspecified atom stereocenters. The van der Waals surface area contributed by atoms with Crippen LogP contribution in [0.2, 0.25) is 0 Å². The summed E-state index contributed by atoms with van der Waals surface area (Å²) in [6.45, 7) is 9.05. The van der Waals surface area contributed by atoms with Gasteiger partial charge in [-0.15, -0.1) is 0 Å². The molecule has 122 valence electrons. The highest BCUT2D eigenvalue weighted by molar-refractivity contribution is 5.58. The van der Waals surface area contributed by atoms with E-state index in [-0.39, 0.29) is 5.41 Å². The molecule has 0 saturated heterocycles. The van der Waals surface area contributed by atoms with Crippen LogP contribution in [0.5, 0.6) is 5.75 Å². The second-order valence-electron chi connectivity index (χ2n) is 7.09. The molecule has 1 N–H and O–H groups in total. The van der Waals surface area contributed by atoms with E-state index in [4.69, 9.17) is 0 Å². The Morgan fingerprint density at radius 3 is 2.61 bits per heavy atom. The number of hydrogen-bond acceptors (Lipinski definition) is 1. The molecule has 0 heterocycles. The Morgan fingerprint density at radius 1 is 1.17 bits per heavy atom. The van der Waals surface area contributed by atoms with Crippen LogP contribution in [0.15, 0.2) is 65.3 Å². The Labute approximate surface area is 140 Å². The van der Waals surface area contributed by atoms with Crippen molar-refractivity contribution in [2.24, 2.45) is 5.41 Å². The summed E-state index contributed by atoms with van der Waals surface area (Å²) in [5.74, 6) is 0.315. The maximum Gasteiger partial charge on any atom is 0.122 e. The van der Waals surface area contributed by atoms with Gasteiger partial charge in [-0.05, 0) is 50.2 Å². The van der Waals surface area contributed by atoms with Crippen molar-refractivity contribution in [1.82, 2.24) is 0 Å². The van der Waals surface area contributed by atoms with Crippen LogP contribution >= 0.6 is 0 Å². The molecule has 1 aromatic carbocycles. The number of allylic oxidation sites excluding steroid dienone is 7. The van der Waals surface area contributed by atoms with Gasteiger partial charge in [0.2, 0.25) is 0 Å². The van der Waals surface area contributed by atoms with E-state index in [1.807, 2.05) is 30.4 Å². The number of phenolic OH excluding ortho intramolecular Hbond substituents is 1. The zero-order valence-corrected chi connectivity index (χ0v) is 14.8. The van der Waals surface area contributed by atoms with Crippen LogP contribution in [0.3, 0.4) is 0 Å². The molecule has 1 aliphatic carbocycles. The first kappa shape index (κ1) is 17.3. The molecule has 0 spiro atoms. The molecule has 1 heteroatoms. The van der Waals surface area contributed by atoms with E-state index in [0.29, 0.717) is 5.75 Å². The van der Waals surface area contributed by atoms with Crippen LogP contribution in [0.25, 0.3) is 6.08 Å². The van der Waals surface area contributed by atoms with E-state index in [9.17, 15) is 5.11 Å². The van der Waals surface area contributed by atoms with Gasteiger partial charge in [-0.1, -0.05) is 73.6 Å². The van der Waals surface area contributed by atoms with Crippen molar-refractivity contribution in [2.45, 2.75) is 47.0 Å². The largest absolute Gasteiger partial charge is 0.507 e. The molecule has 0 radical (unpaired) electrons. The molecule has 2 rings (SSSR count). The molecule has 0 aliphatic heterocycles. The van der Waals surface area contributed by atoms with Crippen LogP contribution < -0.4 is 0 Å². The van der Waals surface area contributed by atoms with E-state index >= 15 is 0 Å². The number of benzene rings is 1. The van der Waals surface area contributed by atoms with Crippen molar-refractivity contribution in [3.8, 4) is 5.75 Å². The first-order valence-corrected chi connectivity index (χ1v) is 8.41. The van der Waals surface area contributed by atoms with E-state index < -0.39 is 0 Å². The quantitative estimate of drug-likeness (QED) is 0.635. The maximum atomic E-state index is 9.74. The number of aromatic hydroxyl groups is 1. The van der Waals surface area contributed by atoms with Gasteiger partial charge in [-0.2, -0.15) is 0 Å². The van der Waals surface area contributed by atoms with E-state index in [2.05, 4.69) is 45.9 Å². The summed E-state index contributed by atoms with van der Waals surface area (Å²) in [4.78, 5) is 0. The molecule has 1 nitrogen and oxygen atoms in total. The van der Waals surface area contributed by atoms with Gasteiger partial charge in [-0.25, -0.2) is 0 Å². The van der Waals surface area contributed by atoms with Crippen LogP contribution in [0.1, 0.15) is 52.5 Å². The van der Waals surface area contributed by atoms with Gasteiger partial charge in [0.25, 0.3) is 0 Å². The highest BCUT2D eigenvalue weighted by atomic mass is 16.3. The van der Waals surface area contributed by atoms with Crippen LogP contribution in [0.4, 0.5) is 0 Å². The summed E-state index contributed by atoms with van der Waals surface area (Å²) in [6, 6.07) is 7.37. The molecule has 0 atom stereocenters. The average molecular weight is 308 g/mol. The minimum absolute atomic E-state index is 0.283. The highest BCUT2D eigenvalue weighted by Crippen LogP contribution is 2.40. The predicted octanol–water partition coefficient (Wildman–Crippen LogP) is 6.43. The lowest BCUT2D eigenvalue weighted by Gasteiger charge is -2.32. The van der Waals surface area contributed by atoms with Crippen molar-refractivity contribution in [1.29, 1.82) is 0 Å². The van der Waals surface area contributed by atoms with Gasteiger partial charge in [0.1, 0.15) is 5.75 Å². The number of para-hydroxylation sites is 1. The third kappa shape index (κ3) is 4.72. The minimum Gasteiger partial charge on any atom is -0.507 e. The molecular formula is C22H28O. The fraction of sp³-hybridized carbons (Fsp3) is 0.364. The van der Waals surface area contributed by atoms with Crippen LogP contribution in [-0.4, -0.2) is 5.11 Å². The van der Waals surface area contributed by atoms with Gasteiger partial charge in [0.05, 0.1) is 0 Å². The smallest absolute Gasteiger partial charge is 0.122 e. The summed E-state index contributed by atoms with van der Waals surface area (Å²) < 4.78 is 0. The summed E-state index contributed by atoms with van der Waals surface area (Å²) in [6.07, 6.45) is 14.3. The number of hydrogen-bond donors (Lipinski definition) is 1. The molecule has 1 aromatic rings. The molecule has 1 aliphatic rings. The van der Waals surface area contributed by atoms with Gasteiger partial charge in [0.15, 0.2) is 0 Å². The Balaban J connectivity index is 2.09. The molecule has 0 aromatic heterocycles. The zero-order valence-electron chi connectivity index (χ0n) is 14.8. The summed E-state index contributed by atoms with van der Waals surface area (Å²) in [5, 5.41) is 9.74. The monoisotopic (exact) mass is 308 g/mol. The van der Waals surface area contributed by atoms with Gasteiger partial charge < -0.3 is 5.11 Å². The summed E-state index contributed by atoms with van der Waals surface area (Å²) in [7, 11) is 0. The topological polar surface area (TPSA) is 20.2 Å². The first-order chi connectivity index (χ1) is 10.9. The second kappa shape index (κ2) is 7.50. The Hall–Kier alpha value is -2.02. The van der Waals surface area contributed by atoms with Crippen molar-refractivity contribution >= 4 is 6.08 Å². The normalized spacial score (nSPS) is 19.0. The van der Waals surface area contributed by atoms with Crippen molar-refractivity contribution in [2.75, 3.05) is 0 Å². The third-order valence-electron chi connectivity index (χ3n) is 4.63. The van der Waals surface area contributed by atoms with Crippen molar-refractivity contribution < 1.29 is 5.11 Å². The predicted molar refractivity (Wildman–Crippen MR) is 100 cm³/mol. The van der Waals surface area contributed by atoms with Gasteiger partial charge in [-0.3, -0.25) is 0 Å². The molecule has 0 fully saturated rings. The molecule has 0 bridgehead atoms. The van der Waals surface area contributed by atoms with Gasteiger partial charge in [0, 0.05) is 5.56 Å². The van der Waals surface area contributed by atoms with Gasteiger partial charge >= 0.3 is 0 Å². The average Bonchev–Trinajstić information content (AvgIpc) is 2.48. The Bertz CT molecular complexity index is 669. The van der Waals surface area contributed by atoms with Crippen molar-refractivity contribution in [3.05, 3.63) is 70.9 Å². The SMILES string of the molecule is CC1=C(/C=C/C(C)=C\C=C\c2ccccc2O)C(C)(C)CCC1. The van der Waals surface area contributed by atoms with E-state index in [1.165, 1.54) is 36.0 Å². The standard InChI is InChI=1S/C22H28O/c1-17(9-7-12-19-11-5-6-13-21(19)23)14-15-20-18(2)10-8-16-22(20,3)4/h5-7,9,11-15,23H,8,10,16H2,1-4H3/b12-7+,15-14+,17-9-. The van der Waals surface area contributed by atoms with Crippen molar-refractivity contribution in [3.63, 3.8) is 0 Å². The second-order valence-corrected chi connectivity index (χ2v) is 7.09. The molecule has 0 saturated carbocycles. The molecular weight excluding hydrogens is 280 g/mol. The highest BCUT2D eigenvalue weighted by Gasteiger charge is 2.26. The van der Waals surface area contributed by atoms with E-state index in [0.717, 1.165) is 5.56 Å². The minimum atomic E-state index is 0.283. The number of phenols is 1. The van der Waals surface area contributed by atoms with Crippen LogP contribution in [0, 0.1) is 5.41 Å². The summed E-state index contributed by atoms with van der Waals surface area (Å²) >= 11 is 0. The Kier molecular flexibility index (Phi) is 5.65. The lowest BCUT2D eigenvalue weighted by molar-refractivity contribution is 0.377. The molecule has 23 heavy (non-hydrogen) atoms. The maximum absolute atomic E-state index is 9.74. The fourth-order valence-corrected chi connectivity index (χ4v) is 3.21. The number of rotatable bonds is 4. The lowest BCUT2D eigenvalue weighted by atomic mass is 9.72. The molecule has 0 amide bonds. The zero-order chi connectivity index (χ0) is 16.9. The van der Waals surface area contributed by atoms with E-state index in [1.54, 1.807) is 6.07 Å².